The Kier molecular flexibility index (Phi) is 9.17. The Balaban J connectivity index is 1.96. The number of hydrogen-bond donors (Lipinski definition) is 2. The van der Waals surface area contributed by atoms with E-state index in [-0.39, 0.29) is 36.9 Å². The highest BCUT2D eigenvalue weighted by atomic mass is 35.5. The van der Waals surface area contributed by atoms with Gasteiger partial charge < -0.3 is 19.9 Å². The first-order chi connectivity index (χ1) is 17.1. The van der Waals surface area contributed by atoms with E-state index in [1.165, 1.54) is 54.6 Å². The average molecular weight is 571 g/mol. The van der Waals surface area contributed by atoms with Gasteiger partial charge >= 0.3 is 17.9 Å². The molecule has 0 radical (unpaired) electrons. The van der Waals surface area contributed by atoms with E-state index in [9.17, 15) is 24.3 Å². The van der Waals surface area contributed by atoms with Crippen molar-refractivity contribution in [3.63, 3.8) is 0 Å². The summed E-state index contributed by atoms with van der Waals surface area (Å²) in [6.45, 7) is 0. The van der Waals surface area contributed by atoms with Gasteiger partial charge in [-0.15, -0.1) is 0 Å². The van der Waals surface area contributed by atoms with E-state index < -0.39 is 36.0 Å². The van der Waals surface area contributed by atoms with Crippen molar-refractivity contribution in [1.29, 1.82) is 0 Å². The summed E-state index contributed by atoms with van der Waals surface area (Å²) in [7, 11) is 0. The molecule has 2 atom stereocenters. The zero-order chi connectivity index (χ0) is 26.4. The minimum atomic E-state index is -2.27. The third kappa shape index (κ3) is 6.67. The molecule has 0 bridgehead atoms. The molecule has 0 spiro atoms. The van der Waals surface area contributed by atoms with Crippen LogP contribution >= 0.6 is 46.4 Å². The average Bonchev–Trinajstić information content (AvgIpc) is 2.83. The van der Waals surface area contributed by atoms with Crippen LogP contribution in [-0.2, 0) is 19.1 Å². The molecule has 0 aliphatic rings. The molecule has 12 heteroatoms. The number of carbonyl (C=O) groups is 4. The van der Waals surface area contributed by atoms with Gasteiger partial charge in [-0.05, 0) is 42.5 Å². The topological polar surface area (TPSA) is 119 Å². The lowest BCUT2D eigenvalue weighted by molar-refractivity contribution is -0.157. The molecule has 3 aromatic carbocycles. The van der Waals surface area contributed by atoms with E-state index in [1.54, 1.807) is 12.1 Å². The van der Waals surface area contributed by atoms with Gasteiger partial charge in [0.05, 0.1) is 31.9 Å². The standard InChI is InChI=1S/C24H15Cl4NO7/c25-12-9-10-18(17(28)11-12)29-21(30)19(35-23(33)13-5-1-3-7-15(13)26)20(22(31)32)36-24(34)14-6-2-4-8-16(14)27/h1-11,19-20H,(H,29,30)(H,31,32)/t19-,20-/m0/s1. The number of carbonyl (C=O) groups excluding carboxylic acids is 3. The first kappa shape index (κ1) is 27.3. The van der Waals surface area contributed by atoms with Crippen molar-refractivity contribution in [2.75, 3.05) is 5.32 Å². The summed E-state index contributed by atoms with van der Waals surface area (Å²) in [5, 5.41) is 12.4. The number of carboxylic acids is 1. The van der Waals surface area contributed by atoms with Gasteiger partial charge in [0.15, 0.2) is 0 Å². The van der Waals surface area contributed by atoms with Gasteiger partial charge in [-0.3, -0.25) is 4.79 Å². The number of aliphatic carboxylic acids is 1. The summed E-state index contributed by atoms with van der Waals surface area (Å²) in [6.07, 6.45) is -4.43. The first-order valence-electron chi connectivity index (χ1n) is 9.98. The van der Waals surface area contributed by atoms with Crippen LogP contribution in [0.4, 0.5) is 5.69 Å². The lowest BCUT2D eigenvalue weighted by atomic mass is 10.1. The molecule has 1 amide bonds. The van der Waals surface area contributed by atoms with Crippen molar-refractivity contribution >= 4 is 75.9 Å². The Bertz CT molecular complexity index is 1330. The van der Waals surface area contributed by atoms with Gasteiger partial charge in [0.2, 0.25) is 12.2 Å². The van der Waals surface area contributed by atoms with Crippen LogP contribution in [0.5, 0.6) is 0 Å². The van der Waals surface area contributed by atoms with Gasteiger partial charge in [0.25, 0.3) is 5.91 Å². The summed E-state index contributed by atoms with van der Waals surface area (Å²) in [5.74, 6) is -5.23. The third-order valence-corrected chi connectivity index (χ3v) is 5.83. The van der Waals surface area contributed by atoms with Crippen molar-refractivity contribution in [2.24, 2.45) is 0 Å². The molecule has 0 saturated carbocycles. The zero-order valence-electron chi connectivity index (χ0n) is 17.9. The molecule has 0 unspecified atom stereocenters. The highest BCUT2D eigenvalue weighted by molar-refractivity contribution is 6.37. The first-order valence-corrected chi connectivity index (χ1v) is 11.5. The molecule has 3 aromatic rings. The number of ether oxygens (including phenoxy) is 2. The molecule has 0 aliphatic carbocycles. The Morgan fingerprint density at radius 1 is 0.694 bits per heavy atom. The Labute approximate surface area is 224 Å². The second-order valence-electron chi connectivity index (χ2n) is 7.06. The number of nitrogens with one attached hydrogen (secondary N) is 1. The van der Waals surface area contributed by atoms with Gasteiger partial charge in [-0.25, -0.2) is 14.4 Å². The predicted molar refractivity (Wildman–Crippen MR) is 134 cm³/mol. The van der Waals surface area contributed by atoms with Crippen molar-refractivity contribution < 1.29 is 33.8 Å². The summed E-state index contributed by atoms with van der Waals surface area (Å²) in [4.78, 5) is 50.7. The number of rotatable bonds is 8. The van der Waals surface area contributed by atoms with Crippen LogP contribution in [0.2, 0.25) is 20.1 Å². The largest absolute Gasteiger partial charge is 0.478 e. The maximum absolute atomic E-state index is 13.1. The number of amides is 1. The van der Waals surface area contributed by atoms with E-state index in [0.717, 1.165) is 0 Å². The van der Waals surface area contributed by atoms with Crippen LogP contribution in [0.3, 0.4) is 0 Å². The van der Waals surface area contributed by atoms with E-state index in [2.05, 4.69) is 5.32 Å². The van der Waals surface area contributed by atoms with E-state index in [0.29, 0.717) is 0 Å². The van der Waals surface area contributed by atoms with Crippen molar-refractivity contribution in [3.8, 4) is 0 Å². The minimum Gasteiger partial charge on any atom is -0.478 e. The van der Waals surface area contributed by atoms with Gasteiger partial charge in [0.1, 0.15) is 0 Å². The zero-order valence-corrected chi connectivity index (χ0v) is 20.9. The normalized spacial score (nSPS) is 12.2. The number of halogens is 4. The number of anilines is 1. The quantitative estimate of drug-likeness (QED) is 0.330. The second-order valence-corrected chi connectivity index (χ2v) is 8.72. The molecule has 0 fully saturated rings. The number of esters is 2. The molecular weight excluding hydrogens is 556 g/mol. The van der Waals surface area contributed by atoms with Crippen LogP contribution in [-0.4, -0.2) is 41.1 Å². The summed E-state index contributed by atoms with van der Waals surface area (Å²) in [6, 6.07) is 15.5. The molecule has 2 N–H and O–H groups in total. The number of hydrogen-bond acceptors (Lipinski definition) is 6. The summed E-state index contributed by atoms with van der Waals surface area (Å²) in [5.41, 5.74) is -0.280. The molecule has 36 heavy (non-hydrogen) atoms. The van der Waals surface area contributed by atoms with Gasteiger partial charge in [0, 0.05) is 5.02 Å². The molecule has 3 rings (SSSR count). The van der Waals surface area contributed by atoms with Crippen molar-refractivity contribution in [1.82, 2.24) is 0 Å². The third-order valence-electron chi connectivity index (χ3n) is 4.62. The molecule has 0 aromatic heterocycles. The van der Waals surface area contributed by atoms with Gasteiger partial charge in [-0.2, -0.15) is 0 Å². The van der Waals surface area contributed by atoms with E-state index >= 15 is 0 Å². The summed E-state index contributed by atoms with van der Waals surface area (Å²) < 4.78 is 10.3. The minimum absolute atomic E-state index is 0.0117. The highest BCUT2D eigenvalue weighted by Crippen LogP contribution is 2.27. The van der Waals surface area contributed by atoms with Crippen LogP contribution in [0.25, 0.3) is 0 Å². The highest BCUT2D eigenvalue weighted by Gasteiger charge is 2.41. The Hall–Kier alpha value is -3.30. The fraction of sp³-hybridized carbons (Fsp3) is 0.0833. The van der Waals surface area contributed by atoms with Crippen molar-refractivity contribution in [3.05, 3.63) is 97.9 Å². The smallest absolute Gasteiger partial charge is 0.349 e. The molecule has 0 heterocycles. The molecule has 0 aliphatic heterocycles. The van der Waals surface area contributed by atoms with E-state index in [1.807, 2.05) is 0 Å². The monoisotopic (exact) mass is 569 g/mol. The lowest BCUT2D eigenvalue weighted by Gasteiger charge is -2.24. The van der Waals surface area contributed by atoms with E-state index in [4.69, 9.17) is 55.9 Å². The molecule has 8 nitrogen and oxygen atoms in total. The molecular formula is C24H15Cl4NO7. The van der Waals surface area contributed by atoms with Crippen molar-refractivity contribution in [2.45, 2.75) is 12.2 Å². The SMILES string of the molecule is O=C(O[C@H](C(=O)O)[C@H](OC(=O)c1ccccc1Cl)C(=O)Nc1ccc(Cl)cc1Cl)c1ccccc1Cl. The van der Waals surface area contributed by atoms with Crippen LogP contribution in [0.15, 0.2) is 66.7 Å². The second kappa shape index (κ2) is 12.1. The predicted octanol–water partition coefficient (Wildman–Crippen LogP) is 5.77. The summed E-state index contributed by atoms with van der Waals surface area (Å²) >= 11 is 24.0. The maximum atomic E-state index is 13.1. The maximum Gasteiger partial charge on any atom is 0.349 e. The Morgan fingerprint density at radius 2 is 1.19 bits per heavy atom. The number of benzene rings is 3. The van der Waals surface area contributed by atoms with Crippen LogP contribution in [0.1, 0.15) is 20.7 Å². The fourth-order valence-corrected chi connectivity index (χ4v) is 3.78. The van der Waals surface area contributed by atoms with Gasteiger partial charge in [-0.1, -0.05) is 70.7 Å². The molecule has 186 valence electrons. The lowest BCUT2D eigenvalue weighted by Crippen LogP contribution is -2.48. The number of carboxylic acid groups (broad SMARTS) is 1. The Morgan fingerprint density at radius 3 is 1.67 bits per heavy atom. The fourth-order valence-electron chi connectivity index (χ4n) is 2.90. The van der Waals surface area contributed by atoms with Crippen LogP contribution in [0, 0.1) is 0 Å². The van der Waals surface area contributed by atoms with Crippen LogP contribution < -0.4 is 5.32 Å². The molecule has 0 saturated heterocycles.